The van der Waals surface area contributed by atoms with Gasteiger partial charge in [0.1, 0.15) is 0 Å². The van der Waals surface area contributed by atoms with Crippen molar-refractivity contribution in [2.75, 3.05) is 20.1 Å². The van der Waals surface area contributed by atoms with E-state index in [4.69, 9.17) is 0 Å². The minimum Gasteiger partial charge on any atom is -0.306 e. The number of hydrogen-bond acceptors (Lipinski definition) is 1. The molecule has 0 aromatic heterocycles. The van der Waals surface area contributed by atoms with Gasteiger partial charge in [-0.25, -0.2) is 0 Å². The molecule has 0 unspecified atom stereocenters. The van der Waals surface area contributed by atoms with Crippen molar-refractivity contribution in [2.45, 2.75) is 33.6 Å². The zero-order valence-corrected chi connectivity index (χ0v) is 10.7. The molecule has 1 aromatic rings. The van der Waals surface area contributed by atoms with Crippen LogP contribution < -0.4 is 0 Å². The molecule has 1 aliphatic heterocycles. The van der Waals surface area contributed by atoms with E-state index >= 15 is 0 Å². The highest BCUT2D eigenvalue weighted by Gasteiger charge is 2.03. The van der Waals surface area contributed by atoms with Crippen LogP contribution >= 0.6 is 0 Å². The maximum absolute atomic E-state index is 2.36. The van der Waals surface area contributed by atoms with Crippen LogP contribution in [0.25, 0.3) is 0 Å². The Morgan fingerprint density at radius 3 is 1.60 bits per heavy atom. The molecule has 1 aliphatic rings. The van der Waals surface area contributed by atoms with Gasteiger partial charge >= 0.3 is 0 Å². The fraction of sp³-hybridized carbons (Fsp3) is 0.571. The second-order valence-corrected chi connectivity index (χ2v) is 3.67. The highest BCUT2D eigenvalue weighted by molar-refractivity contribution is 5.11. The third-order valence-electron chi connectivity index (χ3n) is 2.27. The third-order valence-corrected chi connectivity index (χ3v) is 2.27. The first kappa shape index (κ1) is 14.2. The summed E-state index contributed by atoms with van der Waals surface area (Å²) in [5.41, 5.74) is 1.32. The summed E-state index contributed by atoms with van der Waals surface area (Å²) in [6.07, 6.45) is 2.83. The summed E-state index contributed by atoms with van der Waals surface area (Å²) < 4.78 is 0. The minimum atomic E-state index is 1.32. The van der Waals surface area contributed by atoms with Crippen molar-refractivity contribution in [3.63, 3.8) is 0 Å². The Balaban J connectivity index is 0.000000227. The van der Waals surface area contributed by atoms with Gasteiger partial charge in [-0.05, 0) is 39.9 Å². The number of benzene rings is 1. The van der Waals surface area contributed by atoms with Gasteiger partial charge in [0.2, 0.25) is 0 Å². The largest absolute Gasteiger partial charge is 0.306 e. The Kier molecular flexibility index (Phi) is 9.19. The molecule has 0 spiro atoms. The van der Waals surface area contributed by atoms with Crippen molar-refractivity contribution >= 4 is 0 Å². The maximum Gasteiger partial charge on any atom is -0.00213 e. The monoisotopic (exact) mass is 207 g/mol. The van der Waals surface area contributed by atoms with E-state index in [9.17, 15) is 0 Å². The second-order valence-electron chi connectivity index (χ2n) is 3.67. The van der Waals surface area contributed by atoms with E-state index in [-0.39, 0.29) is 0 Å². The first-order valence-electron chi connectivity index (χ1n) is 5.99. The predicted octanol–water partition coefficient (Wildman–Crippen LogP) is 3.73. The molecule has 1 heterocycles. The number of aryl methyl sites for hydroxylation is 1. The van der Waals surface area contributed by atoms with Crippen LogP contribution in [0.4, 0.5) is 0 Å². The van der Waals surface area contributed by atoms with E-state index in [0.717, 1.165) is 0 Å². The molecule has 1 nitrogen and oxygen atoms in total. The first-order chi connectivity index (χ1) is 7.29. The third kappa shape index (κ3) is 8.19. The lowest BCUT2D eigenvalue weighted by Gasteiger charge is -2.01. The van der Waals surface area contributed by atoms with Crippen LogP contribution in [0, 0.1) is 6.92 Å². The molecule has 86 valence electrons. The molecule has 0 amide bonds. The average Bonchev–Trinajstić information content (AvgIpc) is 2.74. The first-order valence-corrected chi connectivity index (χ1v) is 5.99. The van der Waals surface area contributed by atoms with Gasteiger partial charge in [-0.3, -0.25) is 0 Å². The zero-order chi connectivity index (χ0) is 11.5. The van der Waals surface area contributed by atoms with Crippen LogP contribution in [-0.2, 0) is 0 Å². The van der Waals surface area contributed by atoms with Crippen LogP contribution in [0.5, 0.6) is 0 Å². The van der Waals surface area contributed by atoms with Crippen molar-refractivity contribution in [3.8, 4) is 0 Å². The fourth-order valence-corrected chi connectivity index (χ4v) is 1.41. The Bertz CT molecular complexity index is 212. The predicted molar refractivity (Wildman–Crippen MR) is 69.3 cm³/mol. The van der Waals surface area contributed by atoms with E-state index in [1.54, 1.807) is 0 Å². The maximum atomic E-state index is 2.36. The Morgan fingerprint density at radius 1 is 0.933 bits per heavy atom. The zero-order valence-electron chi connectivity index (χ0n) is 10.7. The van der Waals surface area contributed by atoms with Crippen LogP contribution in [0.15, 0.2) is 30.3 Å². The highest BCUT2D eigenvalue weighted by Crippen LogP contribution is 2.02. The summed E-state index contributed by atoms with van der Waals surface area (Å²) in [5, 5.41) is 0. The standard InChI is InChI=1S/C7H8.C5H11N.C2H6/c1-7-5-3-2-4-6-7;1-6-4-2-3-5-6;1-2/h2-6H,1H3;2-5H2,1H3;1-2H3. The van der Waals surface area contributed by atoms with Gasteiger partial charge in [0.05, 0.1) is 0 Å². The van der Waals surface area contributed by atoms with E-state index in [0.29, 0.717) is 0 Å². The molecule has 1 aromatic carbocycles. The lowest BCUT2D eigenvalue weighted by Crippen LogP contribution is -2.10. The average molecular weight is 207 g/mol. The van der Waals surface area contributed by atoms with Crippen molar-refractivity contribution in [1.29, 1.82) is 0 Å². The number of hydrogen-bond donors (Lipinski definition) is 0. The molecular formula is C14H25N. The van der Waals surface area contributed by atoms with Gasteiger partial charge in [0.25, 0.3) is 0 Å². The quantitative estimate of drug-likeness (QED) is 0.626. The van der Waals surface area contributed by atoms with Gasteiger partial charge in [-0.1, -0.05) is 49.7 Å². The van der Waals surface area contributed by atoms with E-state index in [2.05, 4.69) is 31.0 Å². The molecule has 1 saturated heterocycles. The summed E-state index contributed by atoms with van der Waals surface area (Å²) in [4.78, 5) is 2.36. The van der Waals surface area contributed by atoms with Crippen molar-refractivity contribution in [1.82, 2.24) is 4.90 Å². The molecule has 15 heavy (non-hydrogen) atoms. The summed E-state index contributed by atoms with van der Waals surface area (Å²) in [6, 6.07) is 10.3. The topological polar surface area (TPSA) is 3.24 Å². The molecule has 1 fully saturated rings. The van der Waals surface area contributed by atoms with E-state index in [1.807, 2.05) is 32.0 Å². The molecule has 0 saturated carbocycles. The number of rotatable bonds is 0. The van der Waals surface area contributed by atoms with Crippen molar-refractivity contribution < 1.29 is 0 Å². The Morgan fingerprint density at radius 2 is 1.40 bits per heavy atom. The number of likely N-dealkylation sites (tertiary alicyclic amines) is 1. The smallest absolute Gasteiger partial charge is 0.00213 e. The normalized spacial score (nSPS) is 14.7. The van der Waals surface area contributed by atoms with E-state index < -0.39 is 0 Å². The van der Waals surface area contributed by atoms with E-state index in [1.165, 1.54) is 31.5 Å². The van der Waals surface area contributed by atoms with Gasteiger partial charge in [0, 0.05) is 0 Å². The van der Waals surface area contributed by atoms with Gasteiger partial charge < -0.3 is 4.90 Å². The fourth-order valence-electron chi connectivity index (χ4n) is 1.41. The van der Waals surface area contributed by atoms with Crippen molar-refractivity contribution in [3.05, 3.63) is 35.9 Å². The summed E-state index contributed by atoms with van der Waals surface area (Å²) >= 11 is 0. The molecular weight excluding hydrogens is 182 g/mol. The van der Waals surface area contributed by atoms with Crippen LogP contribution in [0.1, 0.15) is 32.3 Å². The molecule has 0 aliphatic carbocycles. The van der Waals surface area contributed by atoms with Crippen LogP contribution in [0.2, 0.25) is 0 Å². The van der Waals surface area contributed by atoms with Gasteiger partial charge in [0.15, 0.2) is 0 Å². The lowest BCUT2D eigenvalue weighted by atomic mass is 10.2. The van der Waals surface area contributed by atoms with Gasteiger partial charge in [-0.15, -0.1) is 0 Å². The second kappa shape index (κ2) is 9.72. The lowest BCUT2D eigenvalue weighted by molar-refractivity contribution is 0.418. The molecule has 0 bridgehead atoms. The molecule has 0 N–H and O–H groups in total. The summed E-state index contributed by atoms with van der Waals surface area (Å²) in [7, 11) is 2.17. The number of nitrogens with zero attached hydrogens (tertiary/aromatic N) is 1. The summed E-state index contributed by atoms with van der Waals surface area (Å²) in [5.74, 6) is 0. The van der Waals surface area contributed by atoms with Crippen LogP contribution in [0.3, 0.4) is 0 Å². The molecule has 1 heteroatoms. The molecule has 0 radical (unpaired) electrons. The molecule has 0 atom stereocenters. The minimum absolute atomic E-state index is 1.32. The van der Waals surface area contributed by atoms with Gasteiger partial charge in [-0.2, -0.15) is 0 Å². The van der Waals surface area contributed by atoms with Crippen LogP contribution in [-0.4, -0.2) is 25.0 Å². The van der Waals surface area contributed by atoms with Crippen molar-refractivity contribution in [2.24, 2.45) is 0 Å². The Hall–Kier alpha value is -0.820. The summed E-state index contributed by atoms with van der Waals surface area (Å²) in [6.45, 7) is 8.72. The Labute approximate surface area is 95.1 Å². The highest BCUT2D eigenvalue weighted by atomic mass is 15.1. The SMILES string of the molecule is CC.CN1CCCC1.Cc1ccccc1. The molecule has 2 rings (SSSR count).